The molecule has 5 nitrogen and oxygen atoms in total. The monoisotopic (exact) mass is 327 g/mol. The first kappa shape index (κ1) is 16.0. The first-order chi connectivity index (χ1) is 10.1. The summed E-state index contributed by atoms with van der Waals surface area (Å²) in [5.74, 6) is -0.152. The third-order valence-electron chi connectivity index (χ3n) is 2.72. The van der Waals surface area contributed by atoms with E-state index in [1.165, 1.54) is 17.4 Å². The molecule has 0 aliphatic rings. The van der Waals surface area contributed by atoms with Crippen molar-refractivity contribution in [3.8, 4) is 0 Å². The molecule has 0 spiro atoms. The van der Waals surface area contributed by atoms with Gasteiger partial charge in [-0.3, -0.25) is 9.20 Å². The van der Waals surface area contributed by atoms with E-state index in [2.05, 4.69) is 10.3 Å². The molecule has 2 heterocycles. The Labute approximate surface area is 132 Å². The number of aromatic nitrogens is 2. The van der Waals surface area contributed by atoms with E-state index < -0.39 is 0 Å². The molecule has 0 aliphatic heterocycles. The summed E-state index contributed by atoms with van der Waals surface area (Å²) in [6.45, 7) is 5.21. The summed E-state index contributed by atoms with van der Waals surface area (Å²) >= 11 is 7.54. The van der Waals surface area contributed by atoms with Crippen molar-refractivity contribution in [2.45, 2.75) is 26.4 Å². The van der Waals surface area contributed by atoms with Gasteiger partial charge in [0.2, 0.25) is 5.91 Å². The highest BCUT2D eigenvalue weighted by Crippen LogP contribution is 2.22. The van der Waals surface area contributed by atoms with Crippen molar-refractivity contribution < 1.29 is 9.53 Å². The van der Waals surface area contributed by atoms with E-state index in [0.29, 0.717) is 24.0 Å². The maximum atomic E-state index is 11.7. The molecule has 2 aromatic heterocycles. The summed E-state index contributed by atoms with van der Waals surface area (Å²) in [6.07, 6.45) is 6.03. The van der Waals surface area contributed by atoms with Crippen molar-refractivity contribution in [2.75, 3.05) is 13.2 Å². The number of ether oxygens (including phenoxy) is 1. The Balaban J connectivity index is 1.82. The van der Waals surface area contributed by atoms with Gasteiger partial charge in [0.15, 0.2) is 10.1 Å². The van der Waals surface area contributed by atoms with Gasteiger partial charge in [0, 0.05) is 30.8 Å². The van der Waals surface area contributed by atoms with Crippen molar-refractivity contribution in [2.24, 2.45) is 0 Å². The van der Waals surface area contributed by atoms with Crippen LogP contribution in [0.3, 0.4) is 0 Å². The predicted octanol–water partition coefficient (Wildman–Crippen LogP) is 2.99. The van der Waals surface area contributed by atoms with E-state index in [1.807, 2.05) is 29.8 Å². The Morgan fingerprint density at radius 3 is 3.19 bits per heavy atom. The van der Waals surface area contributed by atoms with Crippen LogP contribution >= 0.6 is 22.9 Å². The second-order valence-electron chi connectivity index (χ2n) is 4.74. The first-order valence-electron chi connectivity index (χ1n) is 6.76. The van der Waals surface area contributed by atoms with Crippen molar-refractivity contribution >= 4 is 39.9 Å². The van der Waals surface area contributed by atoms with Gasteiger partial charge in [0.1, 0.15) is 0 Å². The van der Waals surface area contributed by atoms with E-state index in [1.54, 1.807) is 6.08 Å². The van der Waals surface area contributed by atoms with Gasteiger partial charge in [-0.25, -0.2) is 4.98 Å². The highest BCUT2D eigenvalue weighted by Gasteiger charge is 2.08. The number of carbonyl (C=O) groups excluding carboxylic acids is 1. The molecule has 1 N–H and O–H groups in total. The number of carbonyl (C=O) groups is 1. The molecule has 2 rings (SSSR count). The van der Waals surface area contributed by atoms with E-state index in [-0.39, 0.29) is 12.0 Å². The zero-order valence-electron chi connectivity index (χ0n) is 12.0. The molecule has 0 saturated heterocycles. The molecular formula is C14H18ClN3O2S. The summed E-state index contributed by atoms with van der Waals surface area (Å²) in [7, 11) is 0. The highest BCUT2D eigenvalue weighted by atomic mass is 35.5. The minimum atomic E-state index is -0.152. The molecule has 0 bridgehead atoms. The van der Waals surface area contributed by atoms with Gasteiger partial charge < -0.3 is 10.1 Å². The Bertz CT molecular complexity index is 633. The minimum Gasteiger partial charge on any atom is -0.379 e. The number of hydrogen-bond acceptors (Lipinski definition) is 4. The molecule has 0 aliphatic carbocycles. The molecule has 0 saturated carbocycles. The Hall–Kier alpha value is -1.37. The topological polar surface area (TPSA) is 55.6 Å². The van der Waals surface area contributed by atoms with Gasteiger partial charge in [0.25, 0.3) is 0 Å². The fourth-order valence-corrected chi connectivity index (χ4v) is 2.75. The number of hydrogen-bond donors (Lipinski definition) is 1. The van der Waals surface area contributed by atoms with E-state index in [9.17, 15) is 4.79 Å². The largest absolute Gasteiger partial charge is 0.379 e. The number of rotatable bonds is 7. The molecule has 0 unspecified atom stereocenters. The predicted molar refractivity (Wildman–Crippen MR) is 85.8 cm³/mol. The summed E-state index contributed by atoms with van der Waals surface area (Å²) in [5.41, 5.74) is 0.714. The SMILES string of the molecule is CC(C)OCCCNC(=O)/C=C/c1c(Cl)nc2sccn12. The lowest BCUT2D eigenvalue weighted by atomic mass is 10.3. The fraction of sp³-hybridized carbons (Fsp3) is 0.429. The van der Waals surface area contributed by atoms with E-state index in [0.717, 1.165) is 11.4 Å². The van der Waals surface area contributed by atoms with E-state index in [4.69, 9.17) is 16.3 Å². The van der Waals surface area contributed by atoms with Crippen molar-refractivity contribution in [1.29, 1.82) is 0 Å². The van der Waals surface area contributed by atoms with Crippen LogP contribution in [0.25, 0.3) is 11.0 Å². The highest BCUT2D eigenvalue weighted by molar-refractivity contribution is 7.15. The average molecular weight is 328 g/mol. The van der Waals surface area contributed by atoms with Crippen LogP contribution in [0.4, 0.5) is 0 Å². The minimum absolute atomic E-state index is 0.152. The summed E-state index contributed by atoms with van der Waals surface area (Å²) in [6, 6.07) is 0. The van der Waals surface area contributed by atoms with Crippen LogP contribution in [0, 0.1) is 0 Å². The standard InChI is InChI=1S/C14H18ClN3O2S/c1-10(2)20-8-3-6-16-12(19)5-4-11-13(15)17-14-18(11)7-9-21-14/h4-5,7,9-10H,3,6,8H2,1-2H3,(H,16,19)/b5-4+. The van der Waals surface area contributed by atoms with Crippen LogP contribution in [0.15, 0.2) is 17.7 Å². The quantitative estimate of drug-likeness (QED) is 0.628. The van der Waals surface area contributed by atoms with Crippen LogP contribution in [-0.2, 0) is 9.53 Å². The fourth-order valence-electron chi connectivity index (χ4n) is 1.74. The summed E-state index contributed by atoms with van der Waals surface area (Å²) in [5, 5.41) is 5.13. The van der Waals surface area contributed by atoms with Gasteiger partial charge in [-0.1, -0.05) is 11.6 Å². The zero-order chi connectivity index (χ0) is 15.2. The van der Waals surface area contributed by atoms with Gasteiger partial charge >= 0.3 is 0 Å². The van der Waals surface area contributed by atoms with Crippen molar-refractivity contribution in [1.82, 2.24) is 14.7 Å². The smallest absolute Gasteiger partial charge is 0.244 e. The van der Waals surface area contributed by atoms with Crippen LogP contribution in [0.5, 0.6) is 0 Å². The van der Waals surface area contributed by atoms with Crippen LogP contribution in [0.2, 0.25) is 5.15 Å². The lowest BCUT2D eigenvalue weighted by Crippen LogP contribution is -2.23. The third kappa shape index (κ3) is 4.56. The molecule has 0 radical (unpaired) electrons. The number of halogens is 1. The number of fused-ring (bicyclic) bond motifs is 1. The normalized spacial score (nSPS) is 11.8. The number of imidazole rings is 1. The number of nitrogens with zero attached hydrogens (tertiary/aromatic N) is 2. The van der Waals surface area contributed by atoms with E-state index >= 15 is 0 Å². The maximum absolute atomic E-state index is 11.7. The van der Waals surface area contributed by atoms with Crippen molar-refractivity contribution in [3.05, 3.63) is 28.5 Å². The number of amides is 1. The molecule has 7 heteroatoms. The second-order valence-corrected chi connectivity index (χ2v) is 5.97. The maximum Gasteiger partial charge on any atom is 0.244 e. The Morgan fingerprint density at radius 1 is 1.62 bits per heavy atom. The average Bonchev–Trinajstić information content (AvgIpc) is 2.96. The molecule has 0 atom stereocenters. The number of nitrogens with one attached hydrogen (secondary N) is 1. The molecule has 0 aromatic carbocycles. The molecule has 1 amide bonds. The third-order valence-corrected chi connectivity index (χ3v) is 3.75. The second kappa shape index (κ2) is 7.59. The Morgan fingerprint density at radius 2 is 2.43 bits per heavy atom. The van der Waals surface area contributed by atoms with Crippen LogP contribution < -0.4 is 5.32 Å². The first-order valence-corrected chi connectivity index (χ1v) is 8.02. The molecule has 2 aromatic rings. The van der Waals surface area contributed by atoms with Crippen LogP contribution in [0.1, 0.15) is 26.0 Å². The lowest BCUT2D eigenvalue weighted by Gasteiger charge is -2.07. The van der Waals surface area contributed by atoms with Crippen molar-refractivity contribution in [3.63, 3.8) is 0 Å². The van der Waals surface area contributed by atoms with Gasteiger partial charge in [0.05, 0.1) is 11.8 Å². The summed E-state index contributed by atoms with van der Waals surface area (Å²) in [4.78, 5) is 16.7. The van der Waals surface area contributed by atoms with Gasteiger partial charge in [-0.15, -0.1) is 11.3 Å². The number of thiazole rings is 1. The van der Waals surface area contributed by atoms with Gasteiger partial charge in [-0.05, 0) is 26.3 Å². The molecular weight excluding hydrogens is 310 g/mol. The van der Waals surface area contributed by atoms with Gasteiger partial charge in [-0.2, -0.15) is 0 Å². The Kier molecular flexibility index (Phi) is 5.78. The molecule has 0 fully saturated rings. The summed E-state index contributed by atoms with van der Waals surface area (Å²) < 4.78 is 7.25. The lowest BCUT2D eigenvalue weighted by molar-refractivity contribution is -0.116. The molecule has 114 valence electrons. The van der Waals surface area contributed by atoms with Crippen LogP contribution in [-0.4, -0.2) is 34.5 Å². The zero-order valence-corrected chi connectivity index (χ0v) is 13.6. The molecule has 21 heavy (non-hydrogen) atoms.